The number of hydrogen-bond acceptors (Lipinski definition) is 4. The Morgan fingerprint density at radius 3 is 2.44 bits per heavy atom. The van der Waals surface area contributed by atoms with Crippen LogP contribution in [0.15, 0.2) is 12.3 Å². The third-order valence-electron chi connectivity index (χ3n) is 5.50. The lowest BCUT2D eigenvalue weighted by Crippen LogP contribution is -2.49. The highest BCUT2D eigenvalue weighted by Gasteiger charge is 2.29. The molecule has 1 fully saturated rings. The topological polar surface area (TPSA) is 48.8 Å². The van der Waals surface area contributed by atoms with Crippen molar-refractivity contribution < 1.29 is 9.59 Å². The first kappa shape index (κ1) is 18.1. The third kappa shape index (κ3) is 3.96. The van der Waals surface area contributed by atoms with Gasteiger partial charge in [0.1, 0.15) is 0 Å². The minimum absolute atomic E-state index is 0.00563. The second kappa shape index (κ2) is 7.70. The highest BCUT2D eigenvalue weighted by atomic mass is 16.2. The van der Waals surface area contributed by atoms with E-state index in [-0.39, 0.29) is 11.7 Å². The first-order valence-electron chi connectivity index (χ1n) is 9.41. The Bertz CT molecular complexity index is 629. The number of carbonyl (C=O) groups is 2. The maximum atomic E-state index is 12.7. The number of aromatic nitrogens is 1. The monoisotopic (exact) mass is 346 g/mol. The molecule has 25 heavy (non-hydrogen) atoms. The van der Waals surface area contributed by atoms with E-state index in [1.165, 1.54) is 0 Å². The van der Waals surface area contributed by atoms with E-state index in [2.05, 4.69) is 23.6 Å². The molecule has 1 aromatic heterocycles. The minimum Gasteiger partial charge on any atom is -0.348 e. The average molecular weight is 346 g/mol. The summed E-state index contributed by atoms with van der Waals surface area (Å²) in [6.45, 7) is 11.2. The molecule has 0 atom stereocenters. The molecule has 6 heteroatoms. The van der Waals surface area contributed by atoms with Gasteiger partial charge in [-0.05, 0) is 32.9 Å². The molecular weight excluding hydrogens is 316 g/mol. The van der Waals surface area contributed by atoms with Gasteiger partial charge in [-0.15, -0.1) is 0 Å². The third-order valence-corrected chi connectivity index (χ3v) is 5.50. The van der Waals surface area contributed by atoms with E-state index >= 15 is 0 Å². The Labute approximate surface area is 150 Å². The quantitative estimate of drug-likeness (QED) is 0.810. The number of nitrogens with zero attached hydrogens (tertiary/aromatic N) is 4. The van der Waals surface area contributed by atoms with Crippen LogP contribution in [0.1, 0.15) is 47.5 Å². The van der Waals surface area contributed by atoms with Gasteiger partial charge in [0.25, 0.3) is 5.91 Å². The van der Waals surface area contributed by atoms with Crippen molar-refractivity contribution >= 4 is 11.7 Å². The van der Waals surface area contributed by atoms with E-state index in [1.807, 2.05) is 11.9 Å². The van der Waals surface area contributed by atoms with Gasteiger partial charge >= 0.3 is 0 Å². The first-order chi connectivity index (χ1) is 12.0. The van der Waals surface area contributed by atoms with Crippen LogP contribution in [0.2, 0.25) is 0 Å². The van der Waals surface area contributed by atoms with Crippen LogP contribution in [0.5, 0.6) is 0 Å². The number of hydrogen-bond donors (Lipinski definition) is 0. The molecule has 3 heterocycles. The summed E-state index contributed by atoms with van der Waals surface area (Å²) in [5.41, 5.74) is 1.13. The van der Waals surface area contributed by atoms with Gasteiger partial charge < -0.3 is 14.4 Å². The van der Waals surface area contributed by atoms with Crippen LogP contribution < -0.4 is 0 Å². The molecule has 0 aromatic carbocycles. The molecule has 2 aliphatic heterocycles. The zero-order valence-electron chi connectivity index (χ0n) is 15.7. The lowest BCUT2D eigenvalue weighted by molar-refractivity contribution is 0.0734. The summed E-state index contributed by atoms with van der Waals surface area (Å²) in [7, 11) is 1.83. The number of ketones is 1. The van der Waals surface area contributed by atoms with Crippen LogP contribution in [-0.4, -0.2) is 82.8 Å². The van der Waals surface area contributed by atoms with Crippen LogP contribution in [0, 0.1) is 0 Å². The molecule has 1 saturated heterocycles. The average Bonchev–Trinajstić information content (AvgIpc) is 2.93. The van der Waals surface area contributed by atoms with Gasteiger partial charge in [0.15, 0.2) is 5.78 Å². The molecule has 0 saturated carbocycles. The molecule has 0 bridgehead atoms. The van der Waals surface area contributed by atoms with Crippen molar-refractivity contribution in [3.63, 3.8) is 0 Å². The number of carbonyl (C=O) groups excluding carboxylic acids is 2. The Hall–Kier alpha value is -1.66. The molecule has 0 spiro atoms. The minimum atomic E-state index is 0.00563. The number of rotatable bonds is 5. The van der Waals surface area contributed by atoms with E-state index in [4.69, 9.17) is 0 Å². The Morgan fingerprint density at radius 1 is 1.04 bits per heavy atom. The van der Waals surface area contributed by atoms with Crippen LogP contribution in [0.25, 0.3) is 0 Å². The summed E-state index contributed by atoms with van der Waals surface area (Å²) in [6, 6.07) is 2.40. The summed E-state index contributed by atoms with van der Waals surface area (Å²) in [5.74, 6) is 0.0780. The number of amides is 1. The Morgan fingerprint density at radius 2 is 1.76 bits per heavy atom. The SMILES string of the molecule is CC(C)N1CCN(CCCN2CCC(=O)c3c(ccn3C)C2=O)CC1. The highest BCUT2D eigenvalue weighted by Crippen LogP contribution is 2.19. The predicted molar refractivity (Wildman–Crippen MR) is 98.0 cm³/mol. The fourth-order valence-corrected chi connectivity index (χ4v) is 3.88. The summed E-state index contributed by atoms with van der Waals surface area (Å²) in [5, 5.41) is 0. The normalized spacial score (nSPS) is 20.2. The van der Waals surface area contributed by atoms with Crippen molar-refractivity contribution in [1.82, 2.24) is 19.3 Å². The van der Waals surface area contributed by atoms with Crippen molar-refractivity contribution in [2.75, 3.05) is 45.8 Å². The Kier molecular flexibility index (Phi) is 5.59. The molecule has 2 aliphatic rings. The molecule has 1 aromatic rings. The summed E-state index contributed by atoms with van der Waals surface area (Å²) < 4.78 is 1.77. The summed E-state index contributed by atoms with van der Waals surface area (Å²) in [4.78, 5) is 31.9. The van der Waals surface area contributed by atoms with Gasteiger partial charge in [-0.25, -0.2) is 0 Å². The zero-order valence-corrected chi connectivity index (χ0v) is 15.7. The smallest absolute Gasteiger partial charge is 0.256 e. The maximum Gasteiger partial charge on any atom is 0.256 e. The second-order valence-corrected chi connectivity index (χ2v) is 7.48. The standard InChI is InChI=1S/C19H30N4O2/c1-15(2)22-13-11-21(12-14-22)7-4-8-23-10-6-17(24)18-16(19(23)25)5-9-20(18)3/h5,9,15H,4,6-8,10-14H2,1-3H3. The second-order valence-electron chi connectivity index (χ2n) is 7.48. The fourth-order valence-electron chi connectivity index (χ4n) is 3.88. The molecule has 0 aliphatic carbocycles. The van der Waals surface area contributed by atoms with Crippen molar-refractivity contribution in [3.8, 4) is 0 Å². The number of aryl methyl sites for hydroxylation is 1. The first-order valence-corrected chi connectivity index (χ1v) is 9.41. The zero-order chi connectivity index (χ0) is 18.0. The fraction of sp³-hybridized carbons (Fsp3) is 0.684. The van der Waals surface area contributed by atoms with Crippen molar-refractivity contribution in [1.29, 1.82) is 0 Å². The molecular formula is C19H30N4O2. The van der Waals surface area contributed by atoms with Crippen LogP contribution in [0.3, 0.4) is 0 Å². The summed E-state index contributed by atoms with van der Waals surface area (Å²) in [6.07, 6.45) is 3.19. The molecule has 0 radical (unpaired) electrons. The van der Waals surface area contributed by atoms with E-state index in [9.17, 15) is 9.59 Å². The van der Waals surface area contributed by atoms with E-state index < -0.39 is 0 Å². The van der Waals surface area contributed by atoms with Crippen LogP contribution in [-0.2, 0) is 7.05 Å². The Balaban J connectivity index is 1.51. The van der Waals surface area contributed by atoms with Crippen LogP contribution in [0.4, 0.5) is 0 Å². The number of piperazine rings is 1. The van der Waals surface area contributed by atoms with Gasteiger partial charge in [0.05, 0.1) is 11.3 Å². The van der Waals surface area contributed by atoms with E-state index in [1.54, 1.807) is 16.8 Å². The van der Waals surface area contributed by atoms with E-state index in [0.717, 1.165) is 45.7 Å². The molecule has 0 N–H and O–H groups in total. The lowest BCUT2D eigenvalue weighted by Gasteiger charge is -2.37. The summed E-state index contributed by atoms with van der Waals surface area (Å²) >= 11 is 0. The molecule has 0 unspecified atom stereocenters. The molecule has 6 nitrogen and oxygen atoms in total. The predicted octanol–water partition coefficient (Wildman–Crippen LogP) is 1.47. The van der Waals surface area contributed by atoms with Crippen LogP contribution >= 0.6 is 0 Å². The van der Waals surface area contributed by atoms with Gasteiger partial charge in [0.2, 0.25) is 0 Å². The highest BCUT2D eigenvalue weighted by molar-refractivity contribution is 6.08. The molecule has 1 amide bonds. The van der Waals surface area contributed by atoms with Gasteiger partial charge in [-0.3, -0.25) is 14.5 Å². The number of Topliss-reactive ketones (excluding diaryl/α,β-unsaturated/α-hetero) is 1. The lowest BCUT2D eigenvalue weighted by atomic mass is 10.1. The maximum absolute atomic E-state index is 12.7. The van der Waals surface area contributed by atoms with Gasteiger partial charge in [0, 0.05) is 65.0 Å². The van der Waals surface area contributed by atoms with Gasteiger partial charge in [-0.2, -0.15) is 0 Å². The molecule has 138 valence electrons. The van der Waals surface area contributed by atoms with Crippen molar-refractivity contribution in [2.24, 2.45) is 7.05 Å². The van der Waals surface area contributed by atoms with E-state index in [0.29, 0.717) is 30.3 Å². The molecule has 3 rings (SSSR count). The van der Waals surface area contributed by atoms with Gasteiger partial charge in [-0.1, -0.05) is 0 Å². The largest absolute Gasteiger partial charge is 0.348 e. The van der Waals surface area contributed by atoms with Crippen molar-refractivity contribution in [3.05, 3.63) is 23.5 Å². The number of fused-ring (bicyclic) bond motifs is 1. The van der Waals surface area contributed by atoms with Crippen molar-refractivity contribution in [2.45, 2.75) is 32.7 Å².